The Labute approximate surface area is 337 Å². The Balaban J connectivity index is 1.04. The van der Waals surface area contributed by atoms with Gasteiger partial charge in [-0.25, -0.2) is 0 Å². The molecule has 0 unspecified atom stereocenters. The van der Waals surface area contributed by atoms with Gasteiger partial charge in [-0.1, -0.05) is 182 Å². The second-order valence-electron chi connectivity index (χ2n) is 14.8. The zero-order valence-corrected chi connectivity index (χ0v) is 32.0. The van der Waals surface area contributed by atoms with Gasteiger partial charge in [0.1, 0.15) is 0 Å². The summed E-state index contributed by atoms with van der Waals surface area (Å²) < 4.78 is 2.59. The highest BCUT2D eigenvalue weighted by Gasteiger charge is 2.45. The van der Waals surface area contributed by atoms with Crippen molar-refractivity contribution in [2.75, 3.05) is 4.90 Å². The van der Waals surface area contributed by atoms with Crippen LogP contribution in [0.5, 0.6) is 0 Å². The van der Waals surface area contributed by atoms with Gasteiger partial charge in [0.05, 0.1) is 11.1 Å². The molecule has 0 radical (unpaired) electrons. The maximum Gasteiger partial charge on any atom is 0.0714 e. The zero-order chi connectivity index (χ0) is 37.8. The van der Waals surface area contributed by atoms with Crippen LogP contribution in [0.25, 0.3) is 53.6 Å². The Morgan fingerprint density at radius 3 is 1.51 bits per heavy atom. The summed E-state index contributed by atoms with van der Waals surface area (Å²) in [4.78, 5) is 2.38. The van der Waals surface area contributed by atoms with Crippen molar-refractivity contribution in [3.05, 3.63) is 247 Å². The quantitative estimate of drug-likeness (QED) is 0.157. The van der Waals surface area contributed by atoms with E-state index in [9.17, 15) is 0 Å². The second kappa shape index (κ2) is 13.6. The van der Waals surface area contributed by atoms with Gasteiger partial charge in [-0.05, 0) is 92.5 Å². The van der Waals surface area contributed by atoms with Crippen molar-refractivity contribution in [1.29, 1.82) is 0 Å². The molecule has 9 aromatic carbocycles. The van der Waals surface area contributed by atoms with Crippen molar-refractivity contribution < 1.29 is 0 Å². The van der Waals surface area contributed by atoms with E-state index in [0.717, 1.165) is 17.1 Å². The standard InChI is InChI=1S/C55H37NS/c1-4-16-38(17-5-1)39-28-32-44(33-29-39)56(43-20-8-3-9-21-43)52-27-15-12-22-45(52)40-30-34-48-49-35-31-42(37-54(49)57-53(48)36-40)55(41-18-6-2-7-19-41)50-25-13-10-23-46(50)47-24-11-14-26-51(47)55/h1-37H. The number of para-hydroxylation sites is 2. The van der Waals surface area contributed by atoms with Crippen molar-refractivity contribution >= 4 is 48.6 Å². The fourth-order valence-corrected chi connectivity index (χ4v) is 10.4. The largest absolute Gasteiger partial charge is 0.310 e. The van der Waals surface area contributed by atoms with Crippen LogP contribution in [-0.4, -0.2) is 0 Å². The lowest BCUT2D eigenvalue weighted by Gasteiger charge is -2.33. The molecule has 0 bridgehead atoms. The average Bonchev–Trinajstić information content (AvgIpc) is 3.81. The Morgan fingerprint density at radius 2 is 0.825 bits per heavy atom. The van der Waals surface area contributed by atoms with E-state index >= 15 is 0 Å². The summed E-state index contributed by atoms with van der Waals surface area (Å²) in [5, 5.41) is 2.59. The Morgan fingerprint density at radius 1 is 0.333 bits per heavy atom. The summed E-state index contributed by atoms with van der Waals surface area (Å²) in [6.07, 6.45) is 0. The first-order chi connectivity index (χ1) is 28.3. The van der Waals surface area contributed by atoms with Crippen molar-refractivity contribution in [3.8, 4) is 33.4 Å². The molecule has 11 rings (SSSR count). The van der Waals surface area contributed by atoms with Crippen LogP contribution < -0.4 is 4.90 Å². The van der Waals surface area contributed by atoms with E-state index in [1.54, 1.807) is 0 Å². The SMILES string of the molecule is c1ccc(-c2ccc(N(c3ccccc3)c3ccccc3-c3ccc4c(c3)sc3cc(C5(c6ccccc6)c6ccccc6-c6ccccc65)ccc34)cc2)cc1. The van der Waals surface area contributed by atoms with E-state index < -0.39 is 5.41 Å². The van der Waals surface area contributed by atoms with Gasteiger partial charge in [0.15, 0.2) is 0 Å². The average molecular weight is 744 g/mol. The first kappa shape index (κ1) is 33.3. The lowest BCUT2D eigenvalue weighted by atomic mass is 9.67. The lowest BCUT2D eigenvalue weighted by Crippen LogP contribution is -2.28. The Kier molecular flexibility index (Phi) is 7.98. The molecule has 0 saturated carbocycles. The number of nitrogens with zero attached hydrogens (tertiary/aromatic N) is 1. The summed E-state index contributed by atoms with van der Waals surface area (Å²) in [5.74, 6) is 0. The van der Waals surface area contributed by atoms with Gasteiger partial charge >= 0.3 is 0 Å². The molecule has 1 aromatic heterocycles. The molecule has 2 heteroatoms. The molecular weight excluding hydrogens is 707 g/mol. The predicted octanol–water partition coefficient (Wildman–Crippen LogP) is 15.2. The molecule has 0 fully saturated rings. The summed E-state index contributed by atoms with van der Waals surface area (Å²) in [7, 11) is 0. The van der Waals surface area contributed by atoms with E-state index in [-0.39, 0.29) is 0 Å². The molecule has 57 heavy (non-hydrogen) atoms. The molecular formula is C55H37NS. The first-order valence-electron chi connectivity index (χ1n) is 19.6. The maximum absolute atomic E-state index is 2.47. The topological polar surface area (TPSA) is 3.24 Å². The minimum absolute atomic E-state index is 0.414. The third-order valence-electron chi connectivity index (χ3n) is 11.8. The number of benzene rings is 9. The smallest absolute Gasteiger partial charge is 0.0714 e. The van der Waals surface area contributed by atoms with E-state index in [1.807, 2.05) is 11.3 Å². The molecule has 0 spiro atoms. The molecule has 10 aromatic rings. The van der Waals surface area contributed by atoms with Crippen molar-refractivity contribution in [2.24, 2.45) is 0 Å². The molecule has 0 N–H and O–H groups in total. The van der Waals surface area contributed by atoms with Crippen LogP contribution in [0.1, 0.15) is 22.3 Å². The highest BCUT2D eigenvalue weighted by atomic mass is 32.1. The summed E-state index contributed by atoms with van der Waals surface area (Å²) in [5.41, 5.74) is 15.7. The van der Waals surface area contributed by atoms with Crippen LogP contribution >= 0.6 is 11.3 Å². The van der Waals surface area contributed by atoms with Crippen molar-refractivity contribution in [1.82, 2.24) is 0 Å². The molecule has 0 amide bonds. The number of fused-ring (bicyclic) bond motifs is 6. The van der Waals surface area contributed by atoms with Crippen LogP contribution in [-0.2, 0) is 5.41 Å². The van der Waals surface area contributed by atoms with Crippen molar-refractivity contribution in [2.45, 2.75) is 5.41 Å². The molecule has 0 aliphatic heterocycles. The van der Waals surface area contributed by atoms with Crippen LogP contribution in [0.4, 0.5) is 17.1 Å². The van der Waals surface area contributed by atoms with Gasteiger partial charge in [-0.2, -0.15) is 0 Å². The number of thiophene rings is 1. The number of hydrogen-bond donors (Lipinski definition) is 0. The minimum Gasteiger partial charge on any atom is -0.310 e. The van der Waals surface area contributed by atoms with E-state index in [4.69, 9.17) is 0 Å². The summed E-state index contributed by atoms with van der Waals surface area (Å²) >= 11 is 1.89. The molecule has 1 aliphatic carbocycles. The fourth-order valence-electron chi connectivity index (χ4n) is 9.24. The molecule has 268 valence electrons. The number of rotatable bonds is 7. The van der Waals surface area contributed by atoms with Gasteiger partial charge in [-0.3, -0.25) is 0 Å². The van der Waals surface area contributed by atoms with Gasteiger partial charge in [0.25, 0.3) is 0 Å². The highest BCUT2D eigenvalue weighted by Crippen LogP contribution is 2.56. The molecule has 1 heterocycles. The second-order valence-corrected chi connectivity index (χ2v) is 15.9. The van der Waals surface area contributed by atoms with Gasteiger partial charge in [-0.15, -0.1) is 11.3 Å². The molecule has 1 aliphatic rings. The van der Waals surface area contributed by atoms with Crippen LogP contribution in [0.3, 0.4) is 0 Å². The zero-order valence-electron chi connectivity index (χ0n) is 31.2. The third-order valence-corrected chi connectivity index (χ3v) is 12.9. The van der Waals surface area contributed by atoms with Crippen LogP contribution in [0, 0.1) is 0 Å². The van der Waals surface area contributed by atoms with E-state index in [0.29, 0.717) is 0 Å². The van der Waals surface area contributed by atoms with E-state index in [1.165, 1.54) is 75.8 Å². The highest BCUT2D eigenvalue weighted by molar-refractivity contribution is 7.25. The Bertz CT molecular complexity index is 3010. The normalized spacial score (nSPS) is 12.7. The van der Waals surface area contributed by atoms with Crippen molar-refractivity contribution in [3.63, 3.8) is 0 Å². The molecule has 0 saturated heterocycles. The molecule has 1 nitrogen and oxygen atoms in total. The third kappa shape index (κ3) is 5.37. The maximum atomic E-state index is 2.47. The van der Waals surface area contributed by atoms with Crippen LogP contribution in [0.2, 0.25) is 0 Å². The summed E-state index contributed by atoms with van der Waals surface area (Å²) in [6, 6.07) is 82.3. The lowest BCUT2D eigenvalue weighted by molar-refractivity contribution is 0.770. The monoisotopic (exact) mass is 743 g/mol. The van der Waals surface area contributed by atoms with Gasteiger partial charge in [0.2, 0.25) is 0 Å². The minimum atomic E-state index is -0.414. The van der Waals surface area contributed by atoms with Crippen LogP contribution in [0.15, 0.2) is 224 Å². The Hall–Kier alpha value is -7.00. The fraction of sp³-hybridized carbons (Fsp3) is 0.0182. The van der Waals surface area contributed by atoms with E-state index in [2.05, 4.69) is 229 Å². The molecule has 0 atom stereocenters. The number of hydrogen-bond acceptors (Lipinski definition) is 2. The predicted molar refractivity (Wildman–Crippen MR) is 242 cm³/mol. The first-order valence-corrected chi connectivity index (χ1v) is 20.4. The van der Waals surface area contributed by atoms with Gasteiger partial charge < -0.3 is 4.90 Å². The summed E-state index contributed by atoms with van der Waals surface area (Å²) in [6.45, 7) is 0. The number of anilines is 3. The van der Waals surface area contributed by atoms with Gasteiger partial charge in [0, 0.05) is 37.1 Å².